The molecule has 4 N–H and O–H groups in total. The number of likely N-dealkylation sites (tertiary alicyclic amines) is 1. The van der Waals surface area contributed by atoms with E-state index in [9.17, 15) is 4.79 Å². The molecule has 0 radical (unpaired) electrons. The van der Waals surface area contributed by atoms with Gasteiger partial charge in [0.05, 0.1) is 16.7 Å². The minimum absolute atomic E-state index is 0.0110. The molecule has 0 saturated carbocycles. The summed E-state index contributed by atoms with van der Waals surface area (Å²) in [7, 11) is 0. The maximum atomic E-state index is 12.3. The minimum Gasteiger partial charge on any atom is -0.382 e. The van der Waals surface area contributed by atoms with Crippen molar-refractivity contribution in [3.63, 3.8) is 0 Å². The zero-order valence-corrected chi connectivity index (χ0v) is 16.4. The smallest absolute Gasteiger partial charge is 0.225 e. The van der Waals surface area contributed by atoms with E-state index in [2.05, 4.69) is 20.2 Å². The van der Waals surface area contributed by atoms with E-state index in [1.807, 2.05) is 43.0 Å². The zero-order chi connectivity index (χ0) is 20.1. The van der Waals surface area contributed by atoms with Crippen molar-refractivity contribution in [1.29, 1.82) is 0 Å². The number of nitrogen functional groups attached to an aromatic ring is 1. The molecule has 1 aromatic carbocycles. The van der Waals surface area contributed by atoms with Gasteiger partial charge in [0.1, 0.15) is 11.3 Å². The van der Waals surface area contributed by atoms with Crippen LogP contribution in [0.25, 0.3) is 33.2 Å². The van der Waals surface area contributed by atoms with Crippen molar-refractivity contribution in [2.75, 3.05) is 18.8 Å². The predicted molar refractivity (Wildman–Crippen MR) is 112 cm³/mol. The number of hydrogen-bond donors (Lipinski definition) is 3. The Hall–Kier alpha value is -3.42. The van der Waals surface area contributed by atoms with Crippen LogP contribution >= 0.6 is 0 Å². The third-order valence-electron chi connectivity index (χ3n) is 5.65. The first kappa shape index (κ1) is 17.7. The van der Waals surface area contributed by atoms with Gasteiger partial charge in [-0.2, -0.15) is 5.10 Å². The molecule has 8 nitrogen and oxygen atoms in total. The number of nitrogens with zero attached hydrogens (tertiary/aromatic N) is 4. The average Bonchev–Trinajstić information content (AvgIpc) is 3.47. The van der Waals surface area contributed by atoms with Gasteiger partial charge in [0.2, 0.25) is 5.91 Å². The topological polar surface area (TPSA) is 117 Å². The number of nitrogens with two attached hydrogens (primary N) is 1. The lowest BCUT2D eigenvalue weighted by molar-refractivity contribution is -0.133. The normalized spacial score (nSPS) is 17.1. The summed E-state index contributed by atoms with van der Waals surface area (Å²) in [5.41, 5.74) is 10.5. The van der Waals surface area contributed by atoms with E-state index < -0.39 is 0 Å². The molecule has 148 valence electrons. The van der Waals surface area contributed by atoms with Gasteiger partial charge in [-0.15, -0.1) is 0 Å². The van der Waals surface area contributed by atoms with E-state index in [4.69, 9.17) is 10.7 Å². The van der Waals surface area contributed by atoms with Crippen molar-refractivity contribution in [3.8, 4) is 11.3 Å². The average molecular weight is 389 g/mol. The van der Waals surface area contributed by atoms with Crippen molar-refractivity contribution in [1.82, 2.24) is 30.0 Å². The Morgan fingerprint density at radius 2 is 2.14 bits per heavy atom. The van der Waals surface area contributed by atoms with Crippen LogP contribution in [0.5, 0.6) is 0 Å². The number of H-pyrrole nitrogens is 2. The highest BCUT2D eigenvalue weighted by Gasteiger charge is 2.30. The standard InChI is InChI=1S/C21H23N7O/c1-11(2)21(29)28-8-6-13(10-28)20-25-17-14-4-3-12(15-5-7-23-27-15)9-16(14)24-19(22)18(17)26-20/h3-5,7,9,11,13H,6,8,10H2,1-2H3,(H2,22,24)(H,23,27)(H,25,26)/t13-/m0/s1. The van der Waals surface area contributed by atoms with Gasteiger partial charge in [0.25, 0.3) is 0 Å². The van der Waals surface area contributed by atoms with Crippen molar-refractivity contribution in [3.05, 3.63) is 36.3 Å². The Kier molecular flexibility index (Phi) is 4.01. The quantitative estimate of drug-likeness (QED) is 0.498. The second-order valence-electron chi connectivity index (χ2n) is 7.96. The van der Waals surface area contributed by atoms with Gasteiger partial charge in [-0.25, -0.2) is 9.97 Å². The molecule has 5 rings (SSSR count). The van der Waals surface area contributed by atoms with Gasteiger partial charge in [0.15, 0.2) is 5.82 Å². The number of carbonyl (C=O) groups is 1. The summed E-state index contributed by atoms with van der Waals surface area (Å²) >= 11 is 0. The largest absolute Gasteiger partial charge is 0.382 e. The summed E-state index contributed by atoms with van der Waals surface area (Å²) in [5, 5.41) is 8.04. The van der Waals surface area contributed by atoms with E-state index in [1.165, 1.54) is 0 Å². The number of pyridine rings is 1. The molecule has 1 atom stereocenters. The molecule has 1 fully saturated rings. The van der Waals surface area contributed by atoms with Crippen molar-refractivity contribution in [2.45, 2.75) is 26.2 Å². The number of anilines is 1. The molecule has 0 aliphatic carbocycles. The molecule has 1 amide bonds. The van der Waals surface area contributed by atoms with Crippen LogP contribution in [-0.2, 0) is 4.79 Å². The number of hydrogen-bond acceptors (Lipinski definition) is 5. The molecular weight excluding hydrogens is 366 g/mol. The van der Waals surface area contributed by atoms with E-state index in [0.717, 1.165) is 46.5 Å². The summed E-state index contributed by atoms with van der Waals surface area (Å²) in [4.78, 5) is 27.0. The Morgan fingerprint density at radius 1 is 1.28 bits per heavy atom. The fourth-order valence-electron chi connectivity index (χ4n) is 4.11. The third kappa shape index (κ3) is 2.91. The predicted octanol–water partition coefficient (Wildman–Crippen LogP) is 3.06. The van der Waals surface area contributed by atoms with Gasteiger partial charge >= 0.3 is 0 Å². The van der Waals surface area contributed by atoms with Crippen molar-refractivity contribution in [2.24, 2.45) is 5.92 Å². The highest BCUT2D eigenvalue weighted by atomic mass is 16.2. The summed E-state index contributed by atoms with van der Waals surface area (Å²) in [6, 6.07) is 7.95. The van der Waals surface area contributed by atoms with Crippen LogP contribution in [0.2, 0.25) is 0 Å². The van der Waals surface area contributed by atoms with Crippen molar-refractivity contribution >= 4 is 33.7 Å². The molecular formula is C21H23N7O. The van der Waals surface area contributed by atoms with Crippen LogP contribution in [0, 0.1) is 5.92 Å². The first-order valence-corrected chi connectivity index (χ1v) is 9.89. The number of benzene rings is 1. The fraction of sp³-hybridized carbons (Fsp3) is 0.333. The number of amides is 1. The molecule has 4 aromatic rings. The minimum atomic E-state index is 0.0110. The van der Waals surface area contributed by atoms with Crippen LogP contribution in [0.1, 0.15) is 32.0 Å². The maximum Gasteiger partial charge on any atom is 0.225 e. The van der Waals surface area contributed by atoms with Crippen LogP contribution < -0.4 is 5.73 Å². The number of nitrogens with one attached hydrogen (secondary N) is 2. The molecule has 3 aromatic heterocycles. The van der Waals surface area contributed by atoms with Gasteiger partial charge in [0, 0.05) is 42.1 Å². The van der Waals surface area contributed by atoms with Crippen molar-refractivity contribution < 1.29 is 4.79 Å². The van der Waals surface area contributed by atoms with E-state index in [1.54, 1.807) is 6.20 Å². The Morgan fingerprint density at radius 3 is 2.90 bits per heavy atom. The summed E-state index contributed by atoms with van der Waals surface area (Å²) in [6.45, 7) is 5.32. The molecule has 0 bridgehead atoms. The molecule has 0 unspecified atom stereocenters. The van der Waals surface area contributed by atoms with Gasteiger partial charge in [-0.05, 0) is 24.6 Å². The summed E-state index contributed by atoms with van der Waals surface area (Å²) in [6.07, 6.45) is 2.69. The first-order chi connectivity index (χ1) is 14.0. The second kappa shape index (κ2) is 6.58. The SMILES string of the molecule is CC(C)C(=O)N1CC[C@H](c2nc3c(N)nc4cc(-c5cc[nH]n5)ccc4c3[nH]2)C1. The second-order valence-corrected chi connectivity index (χ2v) is 7.96. The van der Waals surface area contributed by atoms with Gasteiger partial charge < -0.3 is 15.6 Å². The molecule has 0 spiro atoms. The van der Waals surface area contributed by atoms with E-state index >= 15 is 0 Å². The van der Waals surface area contributed by atoms with Crippen LogP contribution in [-0.4, -0.2) is 49.0 Å². The fourth-order valence-corrected chi connectivity index (χ4v) is 4.11. The monoisotopic (exact) mass is 389 g/mol. The van der Waals surface area contributed by atoms with Crippen LogP contribution in [0.4, 0.5) is 5.82 Å². The number of aromatic amines is 2. The zero-order valence-electron chi connectivity index (χ0n) is 16.4. The Labute approximate surface area is 167 Å². The number of aromatic nitrogens is 5. The van der Waals surface area contributed by atoms with Crippen LogP contribution in [0.3, 0.4) is 0 Å². The molecule has 1 aliphatic heterocycles. The maximum absolute atomic E-state index is 12.3. The summed E-state index contributed by atoms with van der Waals surface area (Å²) < 4.78 is 0. The number of carbonyl (C=O) groups excluding carboxylic acids is 1. The lowest BCUT2D eigenvalue weighted by Gasteiger charge is -2.18. The van der Waals surface area contributed by atoms with E-state index in [0.29, 0.717) is 17.9 Å². The lowest BCUT2D eigenvalue weighted by Crippen LogP contribution is -2.32. The highest BCUT2D eigenvalue weighted by Crippen LogP contribution is 2.33. The first-order valence-electron chi connectivity index (χ1n) is 9.89. The highest BCUT2D eigenvalue weighted by molar-refractivity contribution is 6.07. The Balaban J connectivity index is 1.54. The molecule has 8 heteroatoms. The molecule has 29 heavy (non-hydrogen) atoms. The number of fused-ring (bicyclic) bond motifs is 3. The number of rotatable bonds is 3. The molecule has 1 saturated heterocycles. The summed E-state index contributed by atoms with van der Waals surface area (Å²) in [5.74, 6) is 1.67. The van der Waals surface area contributed by atoms with E-state index in [-0.39, 0.29) is 17.7 Å². The number of imidazole rings is 1. The molecule has 1 aliphatic rings. The lowest BCUT2D eigenvalue weighted by atomic mass is 10.1. The molecule has 4 heterocycles. The third-order valence-corrected chi connectivity index (χ3v) is 5.65. The van der Waals surface area contributed by atoms with Crippen LogP contribution in [0.15, 0.2) is 30.5 Å². The Bertz CT molecular complexity index is 1210. The van der Waals surface area contributed by atoms with Gasteiger partial charge in [-0.1, -0.05) is 19.9 Å². The van der Waals surface area contributed by atoms with Gasteiger partial charge in [-0.3, -0.25) is 9.89 Å².